The largest absolute Gasteiger partial charge is 0.456 e. The Bertz CT molecular complexity index is 1720. The first-order valence-electron chi connectivity index (χ1n) is 18.8. The Morgan fingerprint density at radius 1 is 1.06 bits per heavy atom. The third-order valence-electron chi connectivity index (χ3n) is 12.2. The number of amides is 2. The average molecular weight is 713 g/mol. The molecule has 7 rings (SSSR count). The van der Waals surface area contributed by atoms with Crippen LogP contribution in [-0.4, -0.2) is 90.8 Å². The molecule has 2 saturated carbocycles. The highest BCUT2D eigenvalue weighted by Crippen LogP contribution is 2.59. The lowest BCUT2D eigenvalue weighted by Crippen LogP contribution is -2.51. The van der Waals surface area contributed by atoms with Gasteiger partial charge in [0.15, 0.2) is 0 Å². The molecule has 0 spiro atoms. The maximum absolute atomic E-state index is 14.1. The van der Waals surface area contributed by atoms with E-state index in [0.717, 1.165) is 43.2 Å². The molecule has 2 aliphatic heterocycles. The number of ether oxygens (including phenoxy) is 4. The van der Waals surface area contributed by atoms with Gasteiger partial charge in [-0.1, -0.05) is 74.0 Å². The number of esters is 1. The van der Waals surface area contributed by atoms with Crippen LogP contribution in [0.2, 0.25) is 0 Å². The molecule has 2 N–H and O–H groups in total. The molecule has 0 bridgehead atoms. The number of carbonyl (C=O) groups excluding carboxylic acids is 3. The highest BCUT2D eigenvalue weighted by atomic mass is 16.7. The van der Waals surface area contributed by atoms with Crippen LogP contribution in [0.15, 0.2) is 71.8 Å². The number of benzene rings is 2. The molecule has 0 radical (unpaired) electrons. The van der Waals surface area contributed by atoms with Crippen LogP contribution in [0, 0.1) is 17.3 Å². The van der Waals surface area contributed by atoms with Crippen molar-refractivity contribution in [1.82, 2.24) is 10.2 Å². The SMILES string of the molecule is CN(C(=O)C1=C[C@H]2OCO[C@H]2[C@H](OC(=O)c2ccccc2C=C2CCC3O[C@]3(C)CC[C@@H]3[C@@H]2CC3(C)C)C1)[C@H](Cc1ccccc1)C(=O)NCCO. The van der Waals surface area contributed by atoms with Gasteiger partial charge in [0.05, 0.1) is 23.9 Å². The first-order valence-corrected chi connectivity index (χ1v) is 18.8. The van der Waals surface area contributed by atoms with E-state index in [-0.39, 0.29) is 61.7 Å². The summed E-state index contributed by atoms with van der Waals surface area (Å²) in [6.07, 6.45) is 7.98. The van der Waals surface area contributed by atoms with E-state index in [1.807, 2.05) is 48.5 Å². The second-order valence-electron chi connectivity index (χ2n) is 16.1. The molecule has 0 aromatic heterocycles. The van der Waals surface area contributed by atoms with Crippen molar-refractivity contribution in [2.45, 2.75) is 102 Å². The summed E-state index contributed by atoms with van der Waals surface area (Å²) in [7, 11) is 1.60. The van der Waals surface area contributed by atoms with E-state index < -0.39 is 30.3 Å². The molecule has 2 heterocycles. The van der Waals surface area contributed by atoms with Crippen LogP contribution in [-0.2, 0) is 35.0 Å². The summed E-state index contributed by atoms with van der Waals surface area (Å²) in [5.41, 5.74) is 4.21. The number of aliphatic hydroxyl groups excluding tert-OH is 1. The van der Waals surface area contributed by atoms with Gasteiger partial charge in [0, 0.05) is 32.0 Å². The van der Waals surface area contributed by atoms with E-state index in [1.165, 1.54) is 10.5 Å². The molecule has 8 atom stereocenters. The van der Waals surface area contributed by atoms with Gasteiger partial charge in [-0.25, -0.2) is 4.79 Å². The highest BCUT2D eigenvalue weighted by molar-refractivity contribution is 5.98. The number of allylic oxidation sites excluding steroid dienone is 1. The van der Waals surface area contributed by atoms with Crippen LogP contribution in [0.4, 0.5) is 0 Å². The normalized spacial score (nSPS) is 31.6. The van der Waals surface area contributed by atoms with Gasteiger partial charge in [-0.15, -0.1) is 0 Å². The number of carbonyl (C=O) groups is 3. The van der Waals surface area contributed by atoms with Crippen LogP contribution in [0.5, 0.6) is 0 Å². The number of rotatable bonds is 10. The van der Waals surface area contributed by atoms with E-state index in [9.17, 15) is 19.5 Å². The average Bonchev–Trinajstić information content (AvgIpc) is 3.51. The molecular weight excluding hydrogens is 660 g/mol. The molecule has 2 amide bonds. The smallest absolute Gasteiger partial charge is 0.339 e. The monoisotopic (exact) mass is 712 g/mol. The topological polar surface area (TPSA) is 127 Å². The zero-order valence-electron chi connectivity index (χ0n) is 30.7. The number of epoxide rings is 1. The van der Waals surface area contributed by atoms with E-state index in [4.69, 9.17) is 18.9 Å². The number of hydrogen-bond acceptors (Lipinski definition) is 8. The predicted octanol–water partition coefficient (Wildman–Crippen LogP) is 5.24. The summed E-state index contributed by atoms with van der Waals surface area (Å²) in [6.45, 7) is 6.87. The minimum atomic E-state index is -0.833. The van der Waals surface area contributed by atoms with Crippen LogP contribution in [0.25, 0.3) is 6.08 Å². The molecule has 10 heteroatoms. The molecule has 5 aliphatic rings. The number of nitrogens with one attached hydrogen (secondary N) is 1. The van der Waals surface area contributed by atoms with Crippen molar-refractivity contribution < 1.29 is 38.4 Å². The quantitative estimate of drug-likeness (QED) is 0.253. The molecule has 1 unspecified atom stereocenters. The zero-order valence-corrected chi connectivity index (χ0v) is 30.7. The fraction of sp³-hybridized carbons (Fsp3) is 0.548. The fourth-order valence-corrected chi connectivity index (χ4v) is 9.04. The van der Waals surface area contributed by atoms with Crippen molar-refractivity contribution in [3.05, 3.63) is 88.5 Å². The molecule has 2 aromatic rings. The van der Waals surface area contributed by atoms with Crippen molar-refractivity contribution in [2.24, 2.45) is 17.3 Å². The summed E-state index contributed by atoms with van der Waals surface area (Å²) >= 11 is 0. The number of aliphatic hydroxyl groups is 1. The van der Waals surface area contributed by atoms with Crippen LogP contribution in [0.3, 0.4) is 0 Å². The molecular formula is C42H52N2O8. The Labute approximate surface area is 306 Å². The fourth-order valence-electron chi connectivity index (χ4n) is 9.04. The Kier molecular flexibility index (Phi) is 10.5. The molecule has 52 heavy (non-hydrogen) atoms. The summed E-state index contributed by atoms with van der Waals surface area (Å²) in [5, 5.41) is 12.0. The number of nitrogens with zero attached hydrogens (tertiary/aromatic N) is 1. The van der Waals surface area contributed by atoms with Crippen LogP contribution in [0.1, 0.15) is 80.8 Å². The van der Waals surface area contributed by atoms with Crippen molar-refractivity contribution in [3.8, 4) is 0 Å². The standard InChI is InChI=1S/C42H52N2O8/c1-41(2)24-31-28(14-15-36-42(3,52-36)17-16-32(31)41)21-27-12-8-9-13-30(27)40(48)51-35-23-29(22-34-37(35)50-25-49-34)39(47)44(4)33(38(46)43-18-19-45)20-26-10-6-5-7-11-26/h5-13,21-22,31-37,45H,14-20,23-25H2,1-4H3,(H,43,46)/t31-,32-,33-,34-,35-,36?,37-,42-/m1/s1. The Morgan fingerprint density at radius 2 is 1.83 bits per heavy atom. The predicted molar refractivity (Wildman–Crippen MR) is 195 cm³/mol. The maximum Gasteiger partial charge on any atom is 0.339 e. The summed E-state index contributed by atoms with van der Waals surface area (Å²) in [5.74, 6) is -0.159. The molecule has 278 valence electrons. The van der Waals surface area contributed by atoms with Gasteiger partial charge in [0.25, 0.3) is 0 Å². The van der Waals surface area contributed by atoms with Gasteiger partial charge in [-0.3, -0.25) is 9.59 Å². The first kappa shape index (κ1) is 36.5. The third-order valence-corrected chi connectivity index (χ3v) is 12.2. The van der Waals surface area contributed by atoms with E-state index in [1.54, 1.807) is 19.2 Å². The van der Waals surface area contributed by atoms with Crippen molar-refractivity contribution in [1.29, 1.82) is 0 Å². The Hall–Kier alpha value is -3.83. The summed E-state index contributed by atoms with van der Waals surface area (Å²) < 4.78 is 24.1. The number of fused-ring (bicyclic) bond motifs is 3. The second kappa shape index (κ2) is 14.9. The Balaban J connectivity index is 1.10. The number of hydrogen-bond donors (Lipinski definition) is 2. The first-order chi connectivity index (χ1) is 25.0. The van der Waals surface area contributed by atoms with Crippen molar-refractivity contribution >= 4 is 23.9 Å². The van der Waals surface area contributed by atoms with Gasteiger partial charge in [0.2, 0.25) is 11.8 Å². The minimum absolute atomic E-state index is 0.00408. The molecule has 10 nitrogen and oxygen atoms in total. The van der Waals surface area contributed by atoms with E-state index >= 15 is 0 Å². The van der Waals surface area contributed by atoms with Gasteiger partial charge in [-0.2, -0.15) is 0 Å². The molecule has 4 fully saturated rings. The summed E-state index contributed by atoms with van der Waals surface area (Å²) in [6, 6.07) is 16.2. The van der Waals surface area contributed by atoms with E-state index in [2.05, 4.69) is 32.2 Å². The Morgan fingerprint density at radius 3 is 2.60 bits per heavy atom. The molecule has 2 saturated heterocycles. The van der Waals surface area contributed by atoms with Gasteiger partial charge in [0.1, 0.15) is 31.1 Å². The van der Waals surface area contributed by atoms with E-state index in [0.29, 0.717) is 23.0 Å². The van der Waals surface area contributed by atoms with Crippen molar-refractivity contribution in [3.63, 3.8) is 0 Å². The van der Waals surface area contributed by atoms with Gasteiger partial charge >= 0.3 is 5.97 Å². The van der Waals surface area contributed by atoms with Gasteiger partial charge in [-0.05, 0) is 79.5 Å². The highest BCUT2D eigenvalue weighted by Gasteiger charge is 2.56. The minimum Gasteiger partial charge on any atom is -0.456 e. The van der Waals surface area contributed by atoms with Crippen molar-refractivity contribution in [2.75, 3.05) is 27.0 Å². The lowest BCUT2D eigenvalue weighted by atomic mass is 9.52. The number of likely N-dealkylation sites (N-methyl/N-ethyl adjacent to an activating group) is 1. The third kappa shape index (κ3) is 7.49. The van der Waals surface area contributed by atoms with Crippen LogP contribution >= 0.6 is 0 Å². The molecule has 2 aromatic carbocycles. The molecule has 3 aliphatic carbocycles. The van der Waals surface area contributed by atoms with Crippen LogP contribution < -0.4 is 5.32 Å². The lowest BCUT2D eigenvalue weighted by Gasteiger charge is -2.53. The lowest BCUT2D eigenvalue weighted by molar-refractivity contribution is -0.137. The second-order valence-corrected chi connectivity index (χ2v) is 16.1. The summed E-state index contributed by atoms with van der Waals surface area (Å²) in [4.78, 5) is 42.8. The maximum atomic E-state index is 14.1. The van der Waals surface area contributed by atoms with Gasteiger partial charge < -0.3 is 34.3 Å². The zero-order chi connectivity index (χ0) is 36.6.